The van der Waals surface area contributed by atoms with Crippen LogP contribution in [0.15, 0.2) is 24.3 Å². The average molecular weight is 232 g/mol. The number of hydrogen-bond acceptors (Lipinski definition) is 1. The molecule has 1 aliphatic rings. The molecule has 0 spiro atoms. The molecule has 0 bridgehead atoms. The van der Waals surface area contributed by atoms with Crippen molar-refractivity contribution in [2.75, 3.05) is 6.54 Å². The number of hydrogen-bond donors (Lipinski definition) is 1. The van der Waals surface area contributed by atoms with Gasteiger partial charge in [-0.1, -0.05) is 0 Å². The summed E-state index contributed by atoms with van der Waals surface area (Å²) in [5.41, 5.74) is 1.06. The van der Waals surface area contributed by atoms with Gasteiger partial charge in [0.2, 0.25) is 0 Å². The Labute approximate surface area is 91.4 Å². The Balaban J connectivity index is 2.04. The number of nitrogens with two attached hydrogens (primary N) is 1. The molecule has 0 amide bonds. The van der Waals surface area contributed by atoms with Gasteiger partial charge in [0, 0.05) is 18.4 Å². The first-order valence-electron chi connectivity index (χ1n) is 5.24. The maximum atomic E-state index is 11.9. The van der Waals surface area contributed by atoms with Gasteiger partial charge in [0.1, 0.15) is 11.8 Å². The van der Waals surface area contributed by atoms with Gasteiger partial charge >= 0.3 is 6.36 Å². The van der Waals surface area contributed by atoms with Gasteiger partial charge in [-0.15, -0.1) is 13.2 Å². The van der Waals surface area contributed by atoms with Gasteiger partial charge in [0.25, 0.3) is 0 Å². The molecule has 5 heteroatoms. The molecule has 0 unspecified atom stereocenters. The molecule has 88 valence electrons. The van der Waals surface area contributed by atoms with Crippen LogP contribution < -0.4 is 10.1 Å². The molecule has 1 fully saturated rings. The summed E-state index contributed by atoms with van der Waals surface area (Å²) in [4.78, 5) is 0. The van der Waals surface area contributed by atoms with Gasteiger partial charge in [-0.2, -0.15) is 0 Å². The summed E-state index contributed by atoms with van der Waals surface area (Å²) in [5.74, 6) is -0.158. The van der Waals surface area contributed by atoms with Crippen molar-refractivity contribution in [3.8, 4) is 5.75 Å². The second kappa shape index (κ2) is 4.33. The van der Waals surface area contributed by atoms with E-state index in [1.807, 2.05) is 0 Å². The van der Waals surface area contributed by atoms with Gasteiger partial charge in [0.15, 0.2) is 0 Å². The van der Waals surface area contributed by atoms with Gasteiger partial charge < -0.3 is 10.1 Å². The minimum Gasteiger partial charge on any atom is -0.406 e. The molecule has 2 rings (SSSR count). The number of quaternary nitrogens is 1. The van der Waals surface area contributed by atoms with Crippen LogP contribution in [-0.4, -0.2) is 12.9 Å². The zero-order valence-corrected chi connectivity index (χ0v) is 8.63. The van der Waals surface area contributed by atoms with E-state index in [1.54, 1.807) is 12.1 Å². The molecule has 0 saturated carbocycles. The van der Waals surface area contributed by atoms with Gasteiger partial charge in [-0.3, -0.25) is 0 Å². The highest BCUT2D eigenvalue weighted by atomic mass is 19.4. The average Bonchev–Trinajstić information content (AvgIpc) is 2.69. The van der Waals surface area contributed by atoms with E-state index in [1.165, 1.54) is 12.1 Å². The Hall–Kier alpha value is -1.23. The van der Waals surface area contributed by atoms with Crippen LogP contribution in [0.5, 0.6) is 5.75 Å². The van der Waals surface area contributed by atoms with Crippen molar-refractivity contribution in [2.45, 2.75) is 25.2 Å². The largest absolute Gasteiger partial charge is 0.573 e. The van der Waals surface area contributed by atoms with Crippen LogP contribution >= 0.6 is 0 Å². The van der Waals surface area contributed by atoms with Crippen LogP contribution in [-0.2, 0) is 0 Å². The van der Waals surface area contributed by atoms with E-state index in [4.69, 9.17) is 0 Å². The highest BCUT2D eigenvalue weighted by Gasteiger charge is 2.31. The van der Waals surface area contributed by atoms with Crippen LogP contribution in [0.2, 0.25) is 0 Å². The molecular formula is C11H13F3NO+. The first-order chi connectivity index (χ1) is 7.54. The van der Waals surface area contributed by atoms with E-state index in [-0.39, 0.29) is 5.75 Å². The number of alkyl halides is 3. The van der Waals surface area contributed by atoms with Crippen molar-refractivity contribution in [3.63, 3.8) is 0 Å². The van der Waals surface area contributed by atoms with E-state index in [0.717, 1.165) is 24.9 Å². The fourth-order valence-corrected chi connectivity index (χ4v) is 1.99. The fourth-order valence-electron chi connectivity index (χ4n) is 1.99. The summed E-state index contributed by atoms with van der Waals surface area (Å²) in [7, 11) is 0. The van der Waals surface area contributed by atoms with Crippen molar-refractivity contribution in [1.29, 1.82) is 0 Å². The molecule has 0 aromatic heterocycles. The molecular weight excluding hydrogens is 219 g/mol. The van der Waals surface area contributed by atoms with Gasteiger partial charge in [0.05, 0.1) is 6.54 Å². The van der Waals surface area contributed by atoms with Crippen molar-refractivity contribution in [3.05, 3.63) is 29.8 Å². The van der Waals surface area contributed by atoms with E-state index in [9.17, 15) is 13.2 Å². The quantitative estimate of drug-likeness (QED) is 0.829. The lowest BCUT2D eigenvalue weighted by molar-refractivity contribution is -0.676. The number of ether oxygens (including phenoxy) is 1. The first kappa shape index (κ1) is 11.3. The van der Waals surface area contributed by atoms with Crippen molar-refractivity contribution >= 4 is 0 Å². The Kier molecular flexibility index (Phi) is 3.05. The molecule has 1 saturated heterocycles. The Bertz CT molecular complexity index is 341. The summed E-state index contributed by atoms with van der Waals surface area (Å²) >= 11 is 0. The third-order valence-corrected chi connectivity index (χ3v) is 2.71. The van der Waals surface area contributed by atoms with Crippen LogP contribution in [0, 0.1) is 0 Å². The Morgan fingerprint density at radius 2 is 1.88 bits per heavy atom. The summed E-state index contributed by atoms with van der Waals surface area (Å²) in [6.07, 6.45) is -2.37. The normalized spacial score (nSPS) is 21.1. The minimum absolute atomic E-state index is 0.158. The predicted molar refractivity (Wildman–Crippen MR) is 51.9 cm³/mol. The predicted octanol–water partition coefficient (Wildman–Crippen LogP) is 1.98. The molecule has 0 aliphatic carbocycles. The monoisotopic (exact) mass is 232 g/mol. The molecule has 2 nitrogen and oxygen atoms in total. The maximum absolute atomic E-state index is 11.9. The number of benzene rings is 1. The summed E-state index contributed by atoms with van der Waals surface area (Å²) in [6, 6.07) is 6.53. The fraction of sp³-hybridized carbons (Fsp3) is 0.455. The third-order valence-electron chi connectivity index (χ3n) is 2.71. The molecule has 0 radical (unpaired) electrons. The second-order valence-electron chi connectivity index (χ2n) is 3.89. The lowest BCUT2D eigenvalue weighted by Crippen LogP contribution is -2.81. The molecule has 1 aliphatic heterocycles. The lowest BCUT2D eigenvalue weighted by atomic mass is 10.1. The third kappa shape index (κ3) is 2.88. The van der Waals surface area contributed by atoms with Crippen molar-refractivity contribution < 1.29 is 23.2 Å². The first-order valence-corrected chi connectivity index (χ1v) is 5.24. The van der Waals surface area contributed by atoms with Crippen LogP contribution in [0.4, 0.5) is 13.2 Å². The molecule has 1 aromatic carbocycles. The molecule has 2 N–H and O–H groups in total. The Morgan fingerprint density at radius 3 is 2.38 bits per heavy atom. The Morgan fingerprint density at radius 1 is 1.19 bits per heavy atom. The van der Waals surface area contributed by atoms with Crippen LogP contribution in [0.3, 0.4) is 0 Å². The molecule has 1 aromatic rings. The smallest absolute Gasteiger partial charge is 0.406 e. The maximum Gasteiger partial charge on any atom is 0.573 e. The van der Waals surface area contributed by atoms with Gasteiger partial charge in [-0.25, -0.2) is 0 Å². The van der Waals surface area contributed by atoms with Gasteiger partial charge in [-0.05, 0) is 24.3 Å². The molecule has 1 heterocycles. The lowest BCUT2D eigenvalue weighted by Gasteiger charge is -2.11. The highest BCUT2D eigenvalue weighted by molar-refractivity contribution is 5.28. The van der Waals surface area contributed by atoms with E-state index in [0.29, 0.717) is 6.04 Å². The van der Waals surface area contributed by atoms with Crippen molar-refractivity contribution in [1.82, 2.24) is 0 Å². The SMILES string of the molecule is FC(F)(F)Oc1ccc([C@H]2CCC[NH2+]2)cc1. The summed E-state index contributed by atoms with van der Waals surface area (Å²) in [5, 5.41) is 2.21. The van der Waals surface area contributed by atoms with Crippen LogP contribution in [0.25, 0.3) is 0 Å². The zero-order chi connectivity index (χ0) is 11.6. The number of halogens is 3. The standard InChI is InChI=1S/C11H12F3NO/c12-11(13,14)16-9-5-3-8(4-6-9)10-2-1-7-15-10/h3-6,10,15H,1-2,7H2/p+1/t10-/m1/s1. The number of rotatable bonds is 2. The summed E-state index contributed by atoms with van der Waals surface area (Å²) in [6.45, 7) is 1.09. The van der Waals surface area contributed by atoms with Crippen molar-refractivity contribution in [2.24, 2.45) is 0 Å². The zero-order valence-electron chi connectivity index (χ0n) is 8.63. The summed E-state index contributed by atoms with van der Waals surface area (Å²) < 4.78 is 39.6. The molecule has 1 atom stereocenters. The van der Waals surface area contributed by atoms with E-state index < -0.39 is 6.36 Å². The highest BCUT2D eigenvalue weighted by Crippen LogP contribution is 2.25. The van der Waals surface area contributed by atoms with E-state index >= 15 is 0 Å². The topological polar surface area (TPSA) is 25.8 Å². The van der Waals surface area contributed by atoms with E-state index in [2.05, 4.69) is 10.1 Å². The van der Waals surface area contributed by atoms with Crippen LogP contribution in [0.1, 0.15) is 24.4 Å². The second-order valence-corrected chi connectivity index (χ2v) is 3.89. The molecule has 16 heavy (non-hydrogen) atoms. The minimum atomic E-state index is -4.61.